The Kier molecular flexibility index (Phi) is 5.89. The molecular weight excluding hydrogens is 508 g/mol. The van der Waals surface area contributed by atoms with Gasteiger partial charge in [0.05, 0.1) is 17.7 Å². The van der Waals surface area contributed by atoms with Crippen molar-refractivity contribution in [2.45, 2.75) is 32.8 Å². The maximum Gasteiger partial charge on any atom is 0.178 e. The minimum atomic E-state index is -0.0237. The highest BCUT2D eigenvalue weighted by atomic mass is 16.5. The second-order valence-corrected chi connectivity index (χ2v) is 11.6. The van der Waals surface area contributed by atoms with Crippen LogP contribution in [0, 0.1) is 0 Å². The molecule has 4 heterocycles. The molecule has 204 valence electrons. The predicted molar refractivity (Wildman–Crippen MR) is 165 cm³/mol. The quantitative estimate of drug-likeness (QED) is 0.227. The van der Waals surface area contributed by atoms with Gasteiger partial charge in [-0.1, -0.05) is 51.1 Å². The van der Waals surface area contributed by atoms with Crippen LogP contribution < -0.4 is 14.5 Å². The van der Waals surface area contributed by atoms with Gasteiger partial charge in [-0.25, -0.2) is 15.0 Å². The summed E-state index contributed by atoms with van der Waals surface area (Å²) in [5.41, 5.74) is 5.62. The molecule has 7 heteroatoms. The highest BCUT2D eigenvalue weighted by Crippen LogP contribution is 2.39. The molecular formula is C34H32N6O. The molecule has 41 heavy (non-hydrogen) atoms. The zero-order chi connectivity index (χ0) is 28.1. The Hall–Kier alpha value is -4.91. The third-order valence-corrected chi connectivity index (χ3v) is 7.72. The number of anilines is 3. The molecule has 3 aromatic carbocycles. The monoisotopic (exact) mass is 540 g/mol. The second-order valence-electron chi connectivity index (χ2n) is 11.6. The maximum absolute atomic E-state index is 6.47. The molecule has 0 atom stereocenters. The zero-order valence-electron chi connectivity index (χ0n) is 23.7. The van der Waals surface area contributed by atoms with Crippen molar-refractivity contribution in [3.05, 3.63) is 109 Å². The summed E-state index contributed by atoms with van der Waals surface area (Å²) in [4.78, 5) is 18.2. The van der Waals surface area contributed by atoms with Crippen LogP contribution in [0.3, 0.4) is 0 Å². The van der Waals surface area contributed by atoms with Crippen molar-refractivity contribution < 1.29 is 4.74 Å². The van der Waals surface area contributed by atoms with Crippen molar-refractivity contribution in [2.24, 2.45) is 0 Å². The standard InChI is InChI=1S/C34H32N6O/c1-34(2,3)24-17-23(18-25(19-24)39-22-38(4)32-33(39)37-16-15-36-32)21-41-26-12-13-28-27-9-5-6-10-29(27)40(30(28)20-26)31-11-7-8-14-35-31/h5-20H,21-22H2,1-4H3. The number of para-hydroxylation sites is 1. The first-order valence-corrected chi connectivity index (χ1v) is 13.9. The fourth-order valence-corrected chi connectivity index (χ4v) is 5.62. The number of benzene rings is 3. The van der Waals surface area contributed by atoms with Gasteiger partial charge in [0.15, 0.2) is 11.6 Å². The minimum Gasteiger partial charge on any atom is -0.489 e. The van der Waals surface area contributed by atoms with E-state index in [9.17, 15) is 0 Å². The molecule has 7 nitrogen and oxygen atoms in total. The first-order chi connectivity index (χ1) is 19.9. The molecule has 6 aromatic rings. The lowest BCUT2D eigenvalue weighted by Crippen LogP contribution is -2.25. The van der Waals surface area contributed by atoms with Crippen LogP contribution in [-0.2, 0) is 12.0 Å². The van der Waals surface area contributed by atoms with Crippen LogP contribution in [0.5, 0.6) is 5.75 Å². The van der Waals surface area contributed by atoms with E-state index in [0.29, 0.717) is 13.3 Å². The van der Waals surface area contributed by atoms with Gasteiger partial charge in [-0.3, -0.25) is 4.57 Å². The first kappa shape index (κ1) is 25.1. The van der Waals surface area contributed by atoms with Gasteiger partial charge in [0.2, 0.25) is 0 Å². The molecule has 0 spiro atoms. The van der Waals surface area contributed by atoms with Gasteiger partial charge in [-0.2, -0.15) is 0 Å². The Morgan fingerprint density at radius 3 is 2.34 bits per heavy atom. The maximum atomic E-state index is 6.47. The first-order valence-electron chi connectivity index (χ1n) is 13.9. The van der Waals surface area contributed by atoms with E-state index in [1.54, 1.807) is 12.4 Å². The van der Waals surface area contributed by atoms with Crippen LogP contribution >= 0.6 is 0 Å². The summed E-state index contributed by atoms with van der Waals surface area (Å²) in [6.07, 6.45) is 5.33. The van der Waals surface area contributed by atoms with Crippen LogP contribution in [0.15, 0.2) is 97.5 Å². The summed E-state index contributed by atoms with van der Waals surface area (Å²) in [7, 11) is 2.05. The molecule has 1 aliphatic rings. The topological polar surface area (TPSA) is 59.3 Å². The van der Waals surface area contributed by atoms with E-state index in [1.807, 2.05) is 31.4 Å². The molecule has 0 unspecified atom stereocenters. The lowest BCUT2D eigenvalue weighted by molar-refractivity contribution is 0.306. The molecule has 0 fully saturated rings. The van der Waals surface area contributed by atoms with E-state index < -0.39 is 0 Å². The number of aromatic nitrogens is 4. The average Bonchev–Trinajstić information content (AvgIpc) is 3.50. The fraction of sp³-hybridized carbons (Fsp3) is 0.206. The van der Waals surface area contributed by atoms with Crippen LogP contribution in [-0.4, -0.2) is 33.2 Å². The van der Waals surface area contributed by atoms with Crippen LogP contribution in [0.4, 0.5) is 17.3 Å². The molecule has 0 bridgehead atoms. The Morgan fingerprint density at radius 2 is 1.54 bits per heavy atom. The lowest BCUT2D eigenvalue weighted by atomic mass is 9.85. The Bertz CT molecular complexity index is 1890. The number of fused-ring (bicyclic) bond motifs is 4. The smallest absolute Gasteiger partial charge is 0.178 e. The normalized spacial score (nSPS) is 13.3. The third kappa shape index (κ3) is 4.43. The number of pyridine rings is 1. The van der Waals surface area contributed by atoms with E-state index in [2.05, 4.69) is 111 Å². The third-order valence-electron chi connectivity index (χ3n) is 7.72. The summed E-state index contributed by atoms with van der Waals surface area (Å²) in [6.45, 7) is 7.87. The molecule has 1 aliphatic heterocycles. The lowest BCUT2D eigenvalue weighted by Gasteiger charge is -2.25. The van der Waals surface area contributed by atoms with E-state index in [1.165, 1.54) is 16.3 Å². The van der Waals surface area contributed by atoms with Gasteiger partial charge < -0.3 is 14.5 Å². The van der Waals surface area contributed by atoms with Crippen molar-refractivity contribution in [1.82, 2.24) is 19.5 Å². The van der Waals surface area contributed by atoms with Crippen molar-refractivity contribution in [1.29, 1.82) is 0 Å². The Labute approximate surface area is 239 Å². The zero-order valence-corrected chi connectivity index (χ0v) is 23.7. The Balaban J connectivity index is 1.26. The minimum absolute atomic E-state index is 0.0237. The van der Waals surface area contributed by atoms with Crippen molar-refractivity contribution in [3.63, 3.8) is 0 Å². The number of rotatable bonds is 5. The molecule has 0 saturated heterocycles. The summed E-state index contributed by atoms with van der Waals surface area (Å²) in [5, 5.41) is 2.37. The molecule has 0 saturated carbocycles. The molecule has 0 N–H and O–H groups in total. The SMILES string of the molecule is CN1CN(c2cc(COc3ccc4c5ccccc5n(-c5ccccn5)c4c3)cc(C(C)(C)C)c2)c2nccnc21. The van der Waals surface area contributed by atoms with Gasteiger partial charge in [0.1, 0.15) is 18.2 Å². The average molecular weight is 541 g/mol. The van der Waals surface area contributed by atoms with Crippen LogP contribution in [0.2, 0.25) is 0 Å². The summed E-state index contributed by atoms with van der Waals surface area (Å²) in [6, 6.07) is 27.5. The van der Waals surface area contributed by atoms with E-state index in [4.69, 9.17) is 4.74 Å². The second kappa shape index (κ2) is 9.63. The van der Waals surface area contributed by atoms with Crippen molar-refractivity contribution in [2.75, 3.05) is 23.5 Å². The van der Waals surface area contributed by atoms with Gasteiger partial charge in [0, 0.05) is 48.2 Å². The highest BCUT2D eigenvalue weighted by Gasteiger charge is 2.28. The van der Waals surface area contributed by atoms with Gasteiger partial charge in [0.25, 0.3) is 0 Å². The number of hydrogen-bond acceptors (Lipinski definition) is 6. The molecule has 0 amide bonds. The predicted octanol–water partition coefficient (Wildman–Crippen LogP) is 7.39. The highest BCUT2D eigenvalue weighted by molar-refractivity contribution is 6.09. The fourth-order valence-electron chi connectivity index (χ4n) is 5.62. The van der Waals surface area contributed by atoms with Crippen molar-refractivity contribution in [3.8, 4) is 11.6 Å². The molecule has 0 aliphatic carbocycles. The number of hydrogen-bond donors (Lipinski definition) is 0. The summed E-state index contributed by atoms with van der Waals surface area (Å²) >= 11 is 0. The van der Waals surface area contributed by atoms with Crippen LogP contribution in [0.25, 0.3) is 27.6 Å². The van der Waals surface area contributed by atoms with Gasteiger partial charge in [-0.15, -0.1) is 0 Å². The summed E-state index contributed by atoms with van der Waals surface area (Å²) in [5.74, 6) is 3.47. The van der Waals surface area contributed by atoms with Crippen LogP contribution in [0.1, 0.15) is 31.9 Å². The molecule has 7 rings (SSSR count). The van der Waals surface area contributed by atoms with E-state index in [0.717, 1.165) is 45.5 Å². The van der Waals surface area contributed by atoms with E-state index >= 15 is 0 Å². The summed E-state index contributed by atoms with van der Waals surface area (Å²) < 4.78 is 8.68. The molecule has 3 aromatic heterocycles. The van der Waals surface area contributed by atoms with Gasteiger partial charge in [-0.05, 0) is 59.0 Å². The number of ether oxygens (including phenoxy) is 1. The number of nitrogens with zero attached hydrogens (tertiary/aromatic N) is 6. The van der Waals surface area contributed by atoms with Crippen molar-refractivity contribution >= 4 is 39.1 Å². The van der Waals surface area contributed by atoms with E-state index in [-0.39, 0.29) is 5.41 Å². The largest absolute Gasteiger partial charge is 0.489 e. The van der Waals surface area contributed by atoms with Gasteiger partial charge >= 0.3 is 0 Å². The molecule has 0 radical (unpaired) electrons. The Morgan fingerprint density at radius 1 is 0.756 bits per heavy atom.